The molecule has 1 fully saturated rings. The van der Waals surface area contributed by atoms with Gasteiger partial charge < -0.3 is 13.9 Å². The van der Waals surface area contributed by atoms with Crippen LogP contribution in [0.4, 0.5) is 0 Å². The van der Waals surface area contributed by atoms with Crippen molar-refractivity contribution in [2.45, 2.75) is 37.6 Å². The summed E-state index contributed by atoms with van der Waals surface area (Å²) in [5.41, 5.74) is 3.54. The molecule has 10 heteroatoms. The smallest absolute Gasteiger partial charge is 0.314 e. The van der Waals surface area contributed by atoms with E-state index in [-0.39, 0.29) is 5.78 Å². The van der Waals surface area contributed by atoms with E-state index in [9.17, 15) is 14.7 Å². The molecule has 176 valence electrons. The van der Waals surface area contributed by atoms with E-state index < -0.39 is 11.4 Å². The molecule has 1 aliphatic carbocycles. The molecule has 0 saturated heterocycles. The van der Waals surface area contributed by atoms with Gasteiger partial charge in [0.15, 0.2) is 5.78 Å². The highest BCUT2D eigenvalue weighted by Gasteiger charge is 2.53. The molecule has 5 aromatic rings. The molecule has 1 N–H and O–H groups in total. The van der Waals surface area contributed by atoms with Crippen LogP contribution in [0.1, 0.15) is 46.6 Å². The lowest BCUT2D eigenvalue weighted by Gasteiger charge is -2.10. The first-order valence-corrected chi connectivity index (χ1v) is 11.7. The number of imidazole rings is 2. The lowest BCUT2D eigenvalue weighted by molar-refractivity contribution is -0.140. The van der Waals surface area contributed by atoms with Crippen LogP contribution in [0.15, 0.2) is 61.6 Å². The summed E-state index contributed by atoms with van der Waals surface area (Å²) in [7, 11) is 0. The molecule has 5 aromatic heterocycles. The molecule has 0 spiro atoms. The van der Waals surface area contributed by atoms with E-state index in [2.05, 4.69) is 15.1 Å². The van der Waals surface area contributed by atoms with Crippen LogP contribution < -0.4 is 0 Å². The van der Waals surface area contributed by atoms with Crippen LogP contribution in [0.3, 0.4) is 0 Å². The van der Waals surface area contributed by atoms with Gasteiger partial charge in [0.2, 0.25) is 0 Å². The van der Waals surface area contributed by atoms with Crippen molar-refractivity contribution in [1.29, 1.82) is 0 Å². The number of hydrogen-bond donors (Lipinski definition) is 1. The van der Waals surface area contributed by atoms with Crippen molar-refractivity contribution in [3.8, 4) is 0 Å². The van der Waals surface area contributed by atoms with E-state index in [0.717, 1.165) is 22.5 Å². The van der Waals surface area contributed by atoms with Crippen LogP contribution in [0.2, 0.25) is 5.02 Å². The molecule has 0 aliphatic heterocycles. The number of carboxylic acids is 1. The third-order valence-corrected chi connectivity index (χ3v) is 6.89. The molecular weight excluding hydrogens is 468 g/mol. The molecule has 0 bridgehead atoms. The van der Waals surface area contributed by atoms with Gasteiger partial charge in [0, 0.05) is 41.8 Å². The summed E-state index contributed by atoms with van der Waals surface area (Å²) in [6.45, 7) is 0.374. The van der Waals surface area contributed by atoms with Crippen LogP contribution in [-0.2, 0) is 23.2 Å². The fourth-order valence-corrected chi connectivity index (χ4v) is 4.74. The number of Topliss-reactive ketones (excluding diaryl/α,β-unsaturated/α-hetero) is 1. The Morgan fingerprint density at radius 3 is 2.80 bits per heavy atom. The number of fused-ring (bicyclic) bond motifs is 2. The summed E-state index contributed by atoms with van der Waals surface area (Å²) in [6.07, 6.45) is 12.6. The van der Waals surface area contributed by atoms with Crippen molar-refractivity contribution in [2.24, 2.45) is 0 Å². The van der Waals surface area contributed by atoms with Gasteiger partial charge in [0.05, 0.1) is 47.0 Å². The van der Waals surface area contributed by atoms with Crippen molar-refractivity contribution >= 4 is 34.5 Å². The standard InChI is InChI=1S/C25H21ClN6O3/c26-17-5-9-31-15-27-20(21(31)10-17)3-4-22(33)16-11-28-32(12-16)14-18-13-30-8-1-2-19(23(30)29-18)25(6-7-25)24(34)35/h1-2,5,8-13,15H,3-4,6-7,14H2,(H,34,35). The number of hydrogen-bond acceptors (Lipinski definition) is 5. The zero-order valence-corrected chi connectivity index (χ0v) is 19.4. The summed E-state index contributed by atoms with van der Waals surface area (Å²) in [5.74, 6) is -0.828. The van der Waals surface area contributed by atoms with Gasteiger partial charge in [-0.25, -0.2) is 9.97 Å². The van der Waals surface area contributed by atoms with Crippen molar-refractivity contribution < 1.29 is 14.7 Å². The maximum absolute atomic E-state index is 12.8. The van der Waals surface area contributed by atoms with E-state index in [1.807, 2.05) is 45.6 Å². The number of aliphatic carboxylic acids is 1. The lowest BCUT2D eigenvalue weighted by atomic mass is 9.97. The number of carbonyl (C=O) groups excluding carboxylic acids is 1. The molecule has 9 nitrogen and oxygen atoms in total. The van der Waals surface area contributed by atoms with E-state index in [4.69, 9.17) is 11.6 Å². The normalized spacial score (nSPS) is 14.5. The second-order valence-electron chi connectivity index (χ2n) is 8.95. The highest BCUT2D eigenvalue weighted by atomic mass is 35.5. The molecule has 0 unspecified atom stereocenters. The predicted octanol–water partition coefficient (Wildman–Crippen LogP) is 3.81. The zero-order chi connectivity index (χ0) is 24.2. The molecular formula is C25H21ClN6O3. The van der Waals surface area contributed by atoms with Gasteiger partial charge in [-0.1, -0.05) is 17.7 Å². The fraction of sp³-hybridized carbons (Fsp3) is 0.240. The van der Waals surface area contributed by atoms with E-state index in [1.165, 1.54) is 0 Å². The van der Waals surface area contributed by atoms with E-state index in [0.29, 0.717) is 48.5 Å². The van der Waals surface area contributed by atoms with Crippen LogP contribution in [0.5, 0.6) is 0 Å². The topological polar surface area (TPSA) is 107 Å². The van der Waals surface area contributed by atoms with Gasteiger partial charge in [0.1, 0.15) is 5.65 Å². The van der Waals surface area contributed by atoms with Crippen LogP contribution in [0, 0.1) is 0 Å². The second-order valence-corrected chi connectivity index (χ2v) is 9.39. The molecule has 5 heterocycles. The molecule has 0 amide bonds. The number of rotatable bonds is 8. The minimum Gasteiger partial charge on any atom is -0.481 e. The average Bonchev–Trinajstić information content (AvgIpc) is 3.15. The predicted molar refractivity (Wildman–Crippen MR) is 128 cm³/mol. The van der Waals surface area contributed by atoms with Gasteiger partial charge in [0.25, 0.3) is 0 Å². The van der Waals surface area contributed by atoms with Gasteiger partial charge in [-0.3, -0.25) is 14.3 Å². The Balaban J connectivity index is 1.17. The molecule has 0 radical (unpaired) electrons. The van der Waals surface area contributed by atoms with Crippen LogP contribution >= 0.6 is 11.6 Å². The first kappa shape index (κ1) is 21.5. The number of aryl methyl sites for hydroxylation is 1. The lowest BCUT2D eigenvalue weighted by Crippen LogP contribution is -2.20. The third-order valence-electron chi connectivity index (χ3n) is 6.66. The molecule has 6 rings (SSSR count). The summed E-state index contributed by atoms with van der Waals surface area (Å²) in [4.78, 5) is 33.7. The van der Waals surface area contributed by atoms with Gasteiger partial charge in [-0.2, -0.15) is 5.10 Å². The van der Waals surface area contributed by atoms with E-state index >= 15 is 0 Å². The Kier molecular flexibility index (Phi) is 4.96. The Morgan fingerprint density at radius 1 is 1.14 bits per heavy atom. The molecule has 1 aliphatic rings. The number of carbonyl (C=O) groups is 2. The SMILES string of the molecule is O=C(CCc1ncn2ccc(Cl)cc12)c1cnn(Cc2cn3cccc(C4(C(=O)O)CC4)c3n2)c1. The largest absolute Gasteiger partial charge is 0.481 e. The molecule has 1 saturated carbocycles. The van der Waals surface area contributed by atoms with Gasteiger partial charge in [-0.05, 0) is 37.5 Å². The zero-order valence-electron chi connectivity index (χ0n) is 18.6. The quantitative estimate of drug-likeness (QED) is 0.333. The first-order chi connectivity index (χ1) is 16.9. The van der Waals surface area contributed by atoms with Crippen molar-refractivity contribution in [3.05, 3.63) is 89.1 Å². The monoisotopic (exact) mass is 488 g/mol. The molecule has 0 atom stereocenters. The van der Waals surface area contributed by atoms with Crippen molar-refractivity contribution in [2.75, 3.05) is 0 Å². The average molecular weight is 489 g/mol. The number of ketones is 1. The fourth-order valence-electron chi connectivity index (χ4n) is 4.58. The second kappa shape index (κ2) is 8.06. The third kappa shape index (κ3) is 3.77. The molecule has 0 aromatic carbocycles. The highest BCUT2D eigenvalue weighted by Crippen LogP contribution is 2.49. The number of aromatic nitrogens is 6. The van der Waals surface area contributed by atoms with E-state index in [1.54, 1.807) is 29.5 Å². The number of nitrogens with zero attached hydrogens (tertiary/aromatic N) is 6. The first-order valence-electron chi connectivity index (χ1n) is 11.3. The minimum atomic E-state index is -0.831. The van der Waals surface area contributed by atoms with Crippen molar-refractivity contribution in [1.82, 2.24) is 28.5 Å². The summed E-state index contributed by atoms with van der Waals surface area (Å²) in [5, 5.41) is 14.7. The number of carboxylic acid groups (broad SMARTS) is 1. The summed E-state index contributed by atoms with van der Waals surface area (Å²) >= 11 is 6.10. The molecule has 35 heavy (non-hydrogen) atoms. The Hall–Kier alpha value is -3.98. The Bertz CT molecular complexity index is 1610. The Labute approximate surface area is 204 Å². The number of pyridine rings is 2. The minimum absolute atomic E-state index is 0.0196. The summed E-state index contributed by atoms with van der Waals surface area (Å²) < 4.78 is 5.40. The summed E-state index contributed by atoms with van der Waals surface area (Å²) in [6, 6.07) is 7.32. The maximum atomic E-state index is 12.8. The van der Waals surface area contributed by atoms with Crippen LogP contribution in [-0.4, -0.2) is 45.4 Å². The maximum Gasteiger partial charge on any atom is 0.314 e. The van der Waals surface area contributed by atoms with Gasteiger partial charge in [-0.15, -0.1) is 0 Å². The highest BCUT2D eigenvalue weighted by molar-refractivity contribution is 6.30. The van der Waals surface area contributed by atoms with Gasteiger partial charge >= 0.3 is 5.97 Å². The number of halogens is 1. The van der Waals surface area contributed by atoms with Crippen LogP contribution in [0.25, 0.3) is 11.2 Å². The Morgan fingerprint density at radius 2 is 2.00 bits per heavy atom. The van der Waals surface area contributed by atoms with Crippen molar-refractivity contribution in [3.63, 3.8) is 0 Å².